The van der Waals surface area contributed by atoms with Crippen LogP contribution in [0.15, 0.2) is 71.4 Å². The van der Waals surface area contributed by atoms with Gasteiger partial charge in [0, 0.05) is 33.0 Å². The normalized spacial score (nSPS) is 25.3. The highest BCUT2D eigenvalue weighted by molar-refractivity contribution is 6.00. The van der Waals surface area contributed by atoms with Crippen LogP contribution in [0.5, 0.6) is 0 Å². The molecule has 1 aromatic rings. The summed E-state index contributed by atoms with van der Waals surface area (Å²) in [6.07, 6.45) is 4.64. The van der Waals surface area contributed by atoms with Crippen LogP contribution < -0.4 is 43.4 Å². The van der Waals surface area contributed by atoms with Crippen molar-refractivity contribution in [3.05, 3.63) is 72.0 Å². The van der Waals surface area contributed by atoms with Gasteiger partial charge in [0.25, 0.3) is 5.91 Å². The number of carboxylic acid groups (broad SMARTS) is 2. The van der Waals surface area contributed by atoms with Gasteiger partial charge in [0.05, 0.1) is 24.0 Å². The Labute approximate surface area is 415 Å². The number of hydrogen-bond acceptors (Lipinski definition) is 11. The number of nitrogens with two attached hydrogens (primary N) is 2. The van der Waals surface area contributed by atoms with Gasteiger partial charge in [-0.2, -0.15) is 0 Å². The number of benzene rings is 1. The van der Waals surface area contributed by atoms with Gasteiger partial charge < -0.3 is 63.2 Å². The van der Waals surface area contributed by atoms with Crippen LogP contribution in [-0.2, 0) is 54.3 Å². The monoisotopic (exact) mass is 995 g/mol. The van der Waals surface area contributed by atoms with E-state index in [4.69, 9.17) is 16.2 Å². The SMILES string of the molecule is C=C1C(=O)N[C@H](C)C(=O)N[C@@H](CC(C)C)C(=O)NC(C(=O)O)[C@H](C)C(=O)NC(CCCN=C(N)N)C(=O)NC(/C=C/C(C)=C/[C@H](C)[C@H](Cc2ccccc2)OC)[C@H](C)C(=O)N[C@@H](C(=O)O)CCC(=O)N1C. The molecule has 0 saturated carbocycles. The molecule has 1 fully saturated rings. The van der Waals surface area contributed by atoms with Crippen molar-refractivity contribution in [1.82, 2.24) is 36.8 Å². The van der Waals surface area contributed by atoms with Crippen molar-refractivity contribution in [2.75, 3.05) is 20.7 Å². The predicted molar refractivity (Wildman–Crippen MR) is 264 cm³/mol. The summed E-state index contributed by atoms with van der Waals surface area (Å²) >= 11 is 0. The number of carbonyl (C=O) groups excluding carboxylic acids is 7. The van der Waals surface area contributed by atoms with E-state index < -0.39 is 120 Å². The van der Waals surface area contributed by atoms with Crippen LogP contribution in [0.25, 0.3) is 0 Å². The van der Waals surface area contributed by atoms with Crippen molar-refractivity contribution < 1.29 is 58.1 Å². The number of amides is 7. The number of nitrogens with zero attached hydrogens (tertiary/aromatic N) is 2. The number of rotatable bonds is 15. The maximum Gasteiger partial charge on any atom is 0.327 e. The number of aliphatic imine (C=N–C) groups is 1. The summed E-state index contributed by atoms with van der Waals surface area (Å²) in [4.78, 5) is 126. The third-order valence-electron chi connectivity index (χ3n) is 12.0. The molecule has 2 rings (SSSR count). The lowest BCUT2D eigenvalue weighted by Crippen LogP contribution is -2.59. The van der Waals surface area contributed by atoms with Gasteiger partial charge >= 0.3 is 11.9 Å². The number of methoxy groups -OCH3 is 1. The van der Waals surface area contributed by atoms with Crippen molar-refractivity contribution in [3.8, 4) is 0 Å². The van der Waals surface area contributed by atoms with Gasteiger partial charge in [0.1, 0.15) is 35.9 Å². The average Bonchev–Trinajstić information content (AvgIpc) is 3.31. The van der Waals surface area contributed by atoms with E-state index in [-0.39, 0.29) is 49.7 Å². The Morgan fingerprint density at radius 3 is 2.03 bits per heavy atom. The predicted octanol–water partition coefficient (Wildman–Crippen LogP) is 0.618. The molecule has 1 aliphatic heterocycles. The molecule has 3 unspecified atom stereocenters. The summed E-state index contributed by atoms with van der Waals surface area (Å²) in [5, 5.41) is 35.5. The molecule has 1 aliphatic rings. The lowest BCUT2D eigenvalue weighted by molar-refractivity contribution is -0.146. The fourth-order valence-electron chi connectivity index (χ4n) is 7.46. The second kappa shape index (κ2) is 29.2. The maximum absolute atomic E-state index is 14.4. The van der Waals surface area contributed by atoms with Crippen molar-refractivity contribution in [2.45, 2.75) is 129 Å². The molecule has 71 heavy (non-hydrogen) atoms. The number of carbonyl (C=O) groups is 9. The first kappa shape index (κ1) is 60.0. The fraction of sp³-hybridized carbons (Fsp3) is 0.551. The van der Waals surface area contributed by atoms with Gasteiger partial charge in [-0.1, -0.05) is 95.3 Å². The smallest absolute Gasteiger partial charge is 0.327 e. The summed E-state index contributed by atoms with van der Waals surface area (Å²) in [5.74, 6) is -12.6. The van der Waals surface area contributed by atoms with E-state index in [0.29, 0.717) is 12.0 Å². The van der Waals surface area contributed by atoms with Crippen molar-refractivity contribution in [1.29, 1.82) is 0 Å². The molecular weight excluding hydrogens is 921 g/mol. The molecule has 22 nitrogen and oxygen atoms in total. The standard InChI is InChI=1S/C49H74N10O12/c1-26(2)23-37-46(66)58-40(48(69)70)30(6)42(62)55-35(17-14-22-52-49(50)51)45(65)54-34(19-18-27(3)24-28(4)38(71-10)25-33-15-12-11-13-16-33)29(5)41(61)56-36(47(67)68)20-21-39(60)59(9)32(8)44(64)53-31(7)43(63)57-37/h11-13,15-16,18-19,24,26,28-31,34-38,40H,8,14,17,20-23,25H2,1-7,9-10H3,(H,53,64)(H,54,65)(H,55,62)(H,56,61)(H,57,63)(H,58,66)(H,67,68)(H,69,70)(H4,50,51,52)/b19-18+,27-24+/t28-,29-,30-,31+,34?,35?,36+,37-,38-,40?/m0/s1. The van der Waals surface area contributed by atoms with E-state index in [2.05, 4.69) is 43.5 Å². The first-order chi connectivity index (χ1) is 33.3. The number of likely N-dealkylation sites (N-methyl/N-ethyl adjacent to an activating group) is 1. The van der Waals surface area contributed by atoms with Gasteiger partial charge in [-0.15, -0.1) is 0 Å². The third kappa shape index (κ3) is 20.0. The molecule has 0 aliphatic carbocycles. The van der Waals surface area contributed by atoms with Gasteiger partial charge in [0.2, 0.25) is 35.4 Å². The Bertz CT molecular complexity index is 2160. The molecule has 0 bridgehead atoms. The molecule has 0 aromatic heterocycles. The molecule has 0 spiro atoms. The number of aliphatic carboxylic acids is 2. The number of nitrogens with one attached hydrogen (secondary N) is 6. The molecule has 22 heteroatoms. The lowest BCUT2D eigenvalue weighted by Gasteiger charge is -2.28. The Morgan fingerprint density at radius 2 is 1.45 bits per heavy atom. The zero-order chi connectivity index (χ0) is 53.7. The van der Waals surface area contributed by atoms with Gasteiger partial charge in [-0.3, -0.25) is 38.6 Å². The summed E-state index contributed by atoms with van der Waals surface area (Å²) in [5.41, 5.74) is 12.4. The zero-order valence-corrected chi connectivity index (χ0v) is 42.2. The number of allylic oxidation sites excluding steroid dienone is 2. The summed E-state index contributed by atoms with van der Waals surface area (Å²) < 4.78 is 5.81. The topological polar surface area (TPSA) is 343 Å². The second-order valence-corrected chi connectivity index (χ2v) is 18.3. The Kier molecular flexibility index (Phi) is 24.7. The Hall–Kier alpha value is -7.10. The zero-order valence-electron chi connectivity index (χ0n) is 42.2. The molecular formula is C49H74N10O12. The van der Waals surface area contributed by atoms with Crippen molar-refractivity contribution in [2.24, 2.45) is 40.1 Å². The van der Waals surface area contributed by atoms with Crippen LogP contribution in [0.3, 0.4) is 0 Å². The van der Waals surface area contributed by atoms with Crippen LogP contribution in [0.2, 0.25) is 0 Å². The summed E-state index contributed by atoms with van der Waals surface area (Å²) in [7, 11) is 2.82. The highest BCUT2D eigenvalue weighted by Crippen LogP contribution is 2.19. The first-order valence-electron chi connectivity index (χ1n) is 23.5. The summed E-state index contributed by atoms with van der Waals surface area (Å²) in [6.45, 7) is 14.9. The highest BCUT2D eigenvalue weighted by Gasteiger charge is 2.37. The molecule has 1 heterocycles. The van der Waals surface area contributed by atoms with Crippen LogP contribution in [0.1, 0.15) is 86.1 Å². The van der Waals surface area contributed by atoms with Gasteiger partial charge in [0.15, 0.2) is 5.96 Å². The van der Waals surface area contributed by atoms with Crippen LogP contribution in [0.4, 0.5) is 0 Å². The van der Waals surface area contributed by atoms with E-state index >= 15 is 0 Å². The molecule has 12 N–H and O–H groups in total. The van der Waals surface area contributed by atoms with E-state index in [1.165, 1.54) is 33.9 Å². The van der Waals surface area contributed by atoms with E-state index in [9.17, 15) is 53.4 Å². The van der Waals surface area contributed by atoms with E-state index in [1.807, 2.05) is 43.3 Å². The Morgan fingerprint density at radius 1 is 0.845 bits per heavy atom. The minimum Gasteiger partial charge on any atom is -0.480 e. The van der Waals surface area contributed by atoms with Crippen molar-refractivity contribution >= 4 is 59.2 Å². The maximum atomic E-state index is 14.4. The van der Waals surface area contributed by atoms with Gasteiger partial charge in [-0.25, -0.2) is 9.59 Å². The lowest BCUT2D eigenvalue weighted by atomic mass is 9.94. The van der Waals surface area contributed by atoms with Crippen LogP contribution >= 0.6 is 0 Å². The molecule has 1 aromatic carbocycles. The Balaban J connectivity index is 2.73. The van der Waals surface area contributed by atoms with E-state index in [0.717, 1.165) is 10.5 Å². The molecule has 0 radical (unpaired) electrons. The first-order valence-corrected chi connectivity index (χ1v) is 23.5. The molecule has 392 valence electrons. The number of carboxylic acids is 2. The van der Waals surface area contributed by atoms with Gasteiger partial charge in [-0.05, 0) is 57.4 Å². The molecule has 10 atom stereocenters. The summed E-state index contributed by atoms with van der Waals surface area (Å²) in [6, 6.07) is 0.998. The van der Waals surface area contributed by atoms with E-state index in [1.54, 1.807) is 34.0 Å². The largest absolute Gasteiger partial charge is 0.480 e. The quantitative estimate of drug-likeness (QED) is 0.0379. The number of hydrogen-bond donors (Lipinski definition) is 10. The number of ether oxygens (including phenoxy) is 1. The minimum atomic E-state index is -1.88. The molecule has 7 amide bonds. The third-order valence-corrected chi connectivity index (χ3v) is 12.0. The fourth-order valence-corrected chi connectivity index (χ4v) is 7.46. The average molecular weight is 995 g/mol. The highest BCUT2D eigenvalue weighted by atomic mass is 16.5. The second-order valence-electron chi connectivity index (χ2n) is 18.3. The van der Waals surface area contributed by atoms with Crippen LogP contribution in [0, 0.1) is 23.7 Å². The number of guanidine groups is 1. The van der Waals surface area contributed by atoms with Crippen molar-refractivity contribution in [3.63, 3.8) is 0 Å². The minimum absolute atomic E-state index is 0.00610. The molecule has 1 saturated heterocycles. The van der Waals surface area contributed by atoms with Crippen LogP contribution in [-0.4, -0.2) is 137 Å².